The van der Waals surface area contributed by atoms with Crippen molar-refractivity contribution in [3.8, 4) is 0 Å². The Morgan fingerprint density at radius 3 is 2.62 bits per heavy atom. The minimum Gasteiger partial charge on any atom is -0.467 e. The van der Waals surface area contributed by atoms with E-state index in [0.29, 0.717) is 23.6 Å². The fourth-order valence-electron chi connectivity index (χ4n) is 3.97. The number of fused-ring (bicyclic) bond motifs is 2. The van der Waals surface area contributed by atoms with Gasteiger partial charge in [-0.1, -0.05) is 35.9 Å². The monoisotopic (exact) mass is 453 g/mol. The zero-order chi connectivity index (χ0) is 23.8. The van der Waals surface area contributed by atoms with Gasteiger partial charge in [0.2, 0.25) is 0 Å². The van der Waals surface area contributed by atoms with Crippen LogP contribution in [0.25, 0.3) is 16.7 Å². The first kappa shape index (κ1) is 21.4. The number of rotatable bonds is 5. The van der Waals surface area contributed by atoms with E-state index in [9.17, 15) is 9.59 Å². The molecule has 4 heterocycles. The Labute approximate surface area is 194 Å². The molecule has 5 aromatic rings. The number of amides is 1. The predicted octanol–water partition coefficient (Wildman–Crippen LogP) is 3.32. The van der Waals surface area contributed by atoms with E-state index in [2.05, 4.69) is 5.32 Å². The van der Waals surface area contributed by atoms with Crippen LogP contribution in [0.4, 0.5) is 0 Å². The summed E-state index contributed by atoms with van der Waals surface area (Å²) in [6, 6.07) is 16.5. The summed E-state index contributed by atoms with van der Waals surface area (Å²) in [6.45, 7) is 4.34. The lowest BCUT2D eigenvalue weighted by molar-refractivity contribution is 0.0948. The number of carbonyl (C=O) groups is 1. The average molecular weight is 454 g/mol. The molecule has 1 aromatic carbocycles. The molecule has 1 amide bonds. The fourth-order valence-corrected chi connectivity index (χ4v) is 3.97. The summed E-state index contributed by atoms with van der Waals surface area (Å²) in [5, 5.41) is 11.9. The van der Waals surface area contributed by atoms with Crippen molar-refractivity contribution in [1.82, 2.24) is 19.3 Å². The second kappa shape index (κ2) is 8.47. The highest BCUT2D eigenvalue weighted by Gasteiger charge is 2.18. The second-order valence-electron chi connectivity index (χ2n) is 8.28. The van der Waals surface area contributed by atoms with Crippen LogP contribution in [0.5, 0.6) is 0 Å². The summed E-state index contributed by atoms with van der Waals surface area (Å²) < 4.78 is 8.49. The van der Waals surface area contributed by atoms with Crippen LogP contribution < -0.4 is 16.4 Å². The van der Waals surface area contributed by atoms with E-state index in [-0.39, 0.29) is 28.5 Å². The highest BCUT2D eigenvalue weighted by molar-refractivity contribution is 5.96. The van der Waals surface area contributed by atoms with Crippen molar-refractivity contribution >= 4 is 22.6 Å². The van der Waals surface area contributed by atoms with Crippen LogP contribution >= 0.6 is 0 Å². The van der Waals surface area contributed by atoms with Gasteiger partial charge in [-0.3, -0.25) is 19.4 Å². The van der Waals surface area contributed by atoms with Gasteiger partial charge in [0.05, 0.1) is 23.8 Å². The van der Waals surface area contributed by atoms with Gasteiger partial charge < -0.3 is 14.3 Å². The third kappa shape index (κ3) is 3.79. The summed E-state index contributed by atoms with van der Waals surface area (Å²) in [7, 11) is 0. The van der Waals surface area contributed by atoms with Gasteiger partial charge in [0.15, 0.2) is 0 Å². The van der Waals surface area contributed by atoms with E-state index in [4.69, 9.17) is 14.8 Å². The molecule has 8 heteroatoms. The van der Waals surface area contributed by atoms with Crippen molar-refractivity contribution < 1.29 is 9.21 Å². The molecule has 0 aliphatic carbocycles. The van der Waals surface area contributed by atoms with Crippen molar-refractivity contribution in [2.45, 2.75) is 26.9 Å². The summed E-state index contributed by atoms with van der Waals surface area (Å²) in [6.07, 6.45) is 3.20. The Bertz CT molecular complexity index is 1650. The number of aromatic nitrogens is 3. The molecule has 5 rings (SSSR count). The van der Waals surface area contributed by atoms with E-state index in [0.717, 1.165) is 16.7 Å². The minimum absolute atomic E-state index is 0.0462. The molecule has 0 radical (unpaired) electrons. The molecule has 0 unspecified atom stereocenters. The van der Waals surface area contributed by atoms with Gasteiger partial charge in [0.25, 0.3) is 11.5 Å². The quantitative estimate of drug-likeness (QED) is 0.398. The van der Waals surface area contributed by atoms with Crippen molar-refractivity contribution in [2.75, 3.05) is 0 Å². The van der Waals surface area contributed by atoms with Crippen molar-refractivity contribution in [3.05, 3.63) is 111 Å². The number of furan rings is 1. The summed E-state index contributed by atoms with van der Waals surface area (Å²) in [5.74, 6) is 0.151. The highest BCUT2D eigenvalue weighted by atomic mass is 16.3. The molecule has 0 spiro atoms. The normalized spacial score (nSPS) is 11.2. The number of hydrogen-bond donors (Lipinski definition) is 2. The molecular weight excluding hydrogens is 430 g/mol. The summed E-state index contributed by atoms with van der Waals surface area (Å²) in [5.41, 5.74) is 3.49. The molecule has 8 nitrogen and oxygen atoms in total. The van der Waals surface area contributed by atoms with Gasteiger partial charge in [-0.05, 0) is 49.2 Å². The Morgan fingerprint density at radius 1 is 1.09 bits per heavy atom. The van der Waals surface area contributed by atoms with Crippen LogP contribution in [0.1, 0.15) is 32.8 Å². The van der Waals surface area contributed by atoms with E-state index < -0.39 is 5.91 Å². The van der Waals surface area contributed by atoms with Crippen molar-refractivity contribution in [2.24, 2.45) is 0 Å². The fraction of sp³-hybridized carbons (Fsp3) is 0.154. The SMILES string of the molecule is Cc1ccc(CNC(=O)c2cc3c(=O)n4cccc(C)c4nc3n(Cc3ccco3)c2=N)cc1. The first-order valence-corrected chi connectivity index (χ1v) is 10.9. The molecule has 2 N–H and O–H groups in total. The maximum absolute atomic E-state index is 13.4. The zero-order valence-electron chi connectivity index (χ0n) is 18.8. The van der Waals surface area contributed by atoms with Gasteiger partial charge in [-0.2, -0.15) is 0 Å². The van der Waals surface area contributed by atoms with Gasteiger partial charge in [0.1, 0.15) is 22.5 Å². The largest absolute Gasteiger partial charge is 0.467 e. The van der Waals surface area contributed by atoms with Crippen LogP contribution in [-0.2, 0) is 13.1 Å². The average Bonchev–Trinajstić information content (AvgIpc) is 3.34. The number of hydrogen-bond acceptors (Lipinski definition) is 5. The van der Waals surface area contributed by atoms with E-state index in [1.165, 1.54) is 10.5 Å². The highest BCUT2D eigenvalue weighted by Crippen LogP contribution is 2.14. The lowest BCUT2D eigenvalue weighted by Gasteiger charge is -2.14. The Hall–Kier alpha value is -4.46. The van der Waals surface area contributed by atoms with E-state index in [1.807, 2.05) is 44.2 Å². The molecule has 34 heavy (non-hydrogen) atoms. The number of nitrogens with one attached hydrogen (secondary N) is 2. The predicted molar refractivity (Wildman–Crippen MR) is 128 cm³/mol. The molecule has 170 valence electrons. The van der Waals surface area contributed by atoms with Crippen LogP contribution in [0, 0.1) is 19.3 Å². The Morgan fingerprint density at radius 2 is 1.88 bits per heavy atom. The molecule has 4 aromatic heterocycles. The van der Waals surface area contributed by atoms with Gasteiger partial charge >= 0.3 is 0 Å². The summed E-state index contributed by atoms with van der Waals surface area (Å²) >= 11 is 0. The zero-order valence-corrected chi connectivity index (χ0v) is 18.8. The number of pyridine rings is 2. The summed E-state index contributed by atoms with van der Waals surface area (Å²) in [4.78, 5) is 31.2. The third-order valence-corrected chi connectivity index (χ3v) is 5.85. The molecule has 0 fully saturated rings. The smallest absolute Gasteiger partial charge is 0.267 e. The molecule has 0 saturated carbocycles. The molecule has 0 aliphatic rings. The van der Waals surface area contributed by atoms with Crippen LogP contribution in [0.15, 0.2) is 76.3 Å². The lowest BCUT2D eigenvalue weighted by Crippen LogP contribution is -2.35. The van der Waals surface area contributed by atoms with Crippen LogP contribution in [-0.4, -0.2) is 19.9 Å². The lowest BCUT2D eigenvalue weighted by atomic mass is 10.1. The van der Waals surface area contributed by atoms with Gasteiger partial charge in [-0.25, -0.2) is 4.98 Å². The van der Waals surface area contributed by atoms with Crippen LogP contribution in [0.3, 0.4) is 0 Å². The third-order valence-electron chi connectivity index (χ3n) is 5.85. The molecule has 0 atom stereocenters. The minimum atomic E-state index is -0.436. The number of benzene rings is 1. The van der Waals surface area contributed by atoms with Crippen molar-refractivity contribution in [3.63, 3.8) is 0 Å². The van der Waals surface area contributed by atoms with E-state index >= 15 is 0 Å². The van der Waals surface area contributed by atoms with Gasteiger partial charge in [0, 0.05) is 12.7 Å². The number of carbonyl (C=O) groups excluding carboxylic acids is 1. The van der Waals surface area contributed by atoms with Crippen molar-refractivity contribution in [1.29, 1.82) is 5.41 Å². The topological polar surface area (TPSA) is 105 Å². The first-order chi connectivity index (χ1) is 16.4. The first-order valence-electron chi connectivity index (χ1n) is 10.9. The Balaban J connectivity index is 1.66. The molecule has 0 bridgehead atoms. The Kier molecular flexibility index (Phi) is 5.33. The van der Waals surface area contributed by atoms with Gasteiger partial charge in [-0.15, -0.1) is 0 Å². The number of aryl methyl sites for hydroxylation is 2. The molecule has 0 aliphatic heterocycles. The number of nitrogens with zero attached hydrogens (tertiary/aromatic N) is 3. The molecule has 0 saturated heterocycles. The van der Waals surface area contributed by atoms with Crippen LogP contribution in [0.2, 0.25) is 0 Å². The molecular formula is C26H23N5O3. The second-order valence-corrected chi connectivity index (χ2v) is 8.28. The maximum atomic E-state index is 13.4. The van der Waals surface area contributed by atoms with E-state index in [1.54, 1.807) is 35.2 Å². The standard InChI is InChI=1S/C26H23N5O3/c1-16-7-9-18(10-8-16)14-28-25(32)20-13-21-24(31(22(20)27)15-19-6-4-12-34-19)29-23-17(2)5-3-11-30(23)26(21)33/h3-13,27H,14-15H2,1-2H3,(H,28,32). The maximum Gasteiger partial charge on any atom is 0.267 e.